The van der Waals surface area contributed by atoms with Crippen LogP contribution in [0.3, 0.4) is 0 Å². The first-order valence-electron chi connectivity index (χ1n) is 52.0. The maximum Gasteiger partial charge on any atom is 0.0788 e. The molecule has 0 radical (unpaired) electrons. The van der Waals surface area contributed by atoms with Crippen molar-refractivity contribution in [2.45, 2.75) is 441 Å². The van der Waals surface area contributed by atoms with Gasteiger partial charge in [-0.3, -0.25) is 4.90 Å². The molecule has 0 spiro atoms. The Bertz CT molecular complexity index is 2470. The number of likely N-dealkylation sites (N-methyl/N-ethyl adjacent to an activating group) is 1. The minimum atomic E-state index is -0.323. The number of hydrogen-bond acceptors (Lipinski definition) is 18. The van der Waals surface area contributed by atoms with E-state index in [1.165, 1.54) is 246 Å². The van der Waals surface area contributed by atoms with Crippen molar-refractivity contribution in [3.8, 4) is 0 Å². The molecule has 0 aliphatic carbocycles. The second-order valence-corrected chi connectivity index (χ2v) is 47.2. The highest BCUT2D eigenvalue weighted by Gasteiger charge is 2.33. The molecule has 9 heterocycles. The smallest absolute Gasteiger partial charge is 0.0788 e. The van der Waals surface area contributed by atoms with Crippen LogP contribution in [-0.4, -0.2) is 328 Å². The van der Waals surface area contributed by atoms with Crippen molar-refractivity contribution in [3.05, 3.63) is 0 Å². The fourth-order valence-electron chi connectivity index (χ4n) is 17.8. The predicted octanol–water partition coefficient (Wildman–Crippen LogP) is 21.6. The lowest BCUT2D eigenvalue weighted by atomic mass is 9.84. The summed E-state index contributed by atoms with van der Waals surface area (Å²) in [6, 6.07) is 2.06. The SMILES string of the molecule is CCN1CC(CCC(C)(C)C)C1.CCN1CC(COC(C)C)C1.CCN1CCC(CC(O)COC(C)(C)C)C1.CCN1CCC(CCC(C)(C)C)C1.CCN1CCC(CCCOC(C)(C)C)C1.CCN1CCC(COC(C)(C)C)C1.CCN1CCCC1CC(O)COC(C)(C)C.CCN1CCCC1CCCOC(C)(C)C.CCN1CCCC1COC(C)(C)C. The molecule has 9 unspecified atom stereocenters. The third kappa shape index (κ3) is 65.0. The Hall–Kier alpha value is -0.720. The largest absolute Gasteiger partial charge is 0.391 e. The second kappa shape index (κ2) is 63.5. The Labute approximate surface area is 773 Å². The second-order valence-electron chi connectivity index (χ2n) is 47.2. The Kier molecular flexibility index (Phi) is 62.1. The Morgan fingerprint density at radius 2 is 0.597 bits per heavy atom. The zero-order valence-corrected chi connectivity index (χ0v) is 89.8. The summed E-state index contributed by atoms with van der Waals surface area (Å²) in [6.45, 7) is 111. The third-order valence-electron chi connectivity index (χ3n) is 25.8. The molecule has 0 aromatic carbocycles. The van der Waals surface area contributed by atoms with E-state index in [4.69, 9.17) is 33.2 Å². The summed E-state index contributed by atoms with van der Waals surface area (Å²) in [6.07, 6.45) is 25.5. The molecule has 9 saturated heterocycles. The summed E-state index contributed by atoms with van der Waals surface area (Å²) in [4.78, 5) is 22.6. The molecule has 9 aliphatic rings. The number of nitrogens with zero attached hydrogens (tertiary/aromatic N) is 9. The summed E-state index contributed by atoms with van der Waals surface area (Å²) in [5.74, 6) is 5.13. The summed E-state index contributed by atoms with van der Waals surface area (Å²) in [7, 11) is 0. The van der Waals surface area contributed by atoms with Crippen LogP contribution in [0.4, 0.5) is 0 Å². The highest BCUT2D eigenvalue weighted by atomic mass is 16.5. The Morgan fingerprint density at radius 1 is 0.282 bits per heavy atom. The van der Waals surface area contributed by atoms with Crippen LogP contribution >= 0.6 is 0 Å². The molecule has 0 bridgehead atoms. The minimum absolute atomic E-state index is 0.0159. The molecule has 18 nitrogen and oxygen atoms in total. The molecular formula is C106H221N9O9. The molecule has 9 aliphatic heterocycles. The van der Waals surface area contributed by atoms with Crippen LogP contribution in [-0.2, 0) is 33.2 Å². The minimum Gasteiger partial charge on any atom is -0.391 e. The van der Waals surface area contributed by atoms with Crippen molar-refractivity contribution < 1.29 is 43.4 Å². The van der Waals surface area contributed by atoms with Crippen LogP contribution in [0.5, 0.6) is 0 Å². The summed E-state index contributed by atoms with van der Waals surface area (Å²) >= 11 is 0. The predicted molar refractivity (Wildman–Crippen MR) is 535 cm³/mol. The highest BCUT2D eigenvalue weighted by Crippen LogP contribution is 2.32. The summed E-state index contributed by atoms with van der Waals surface area (Å²) in [5, 5.41) is 19.8. The molecule has 9 rings (SSSR count). The summed E-state index contributed by atoms with van der Waals surface area (Å²) in [5.41, 5.74) is 0.867. The van der Waals surface area contributed by atoms with Crippen molar-refractivity contribution in [2.75, 3.05) is 203 Å². The molecule has 0 amide bonds. The van der Waals surface area contributed by atoms with Gasteiger partial charge in [0.1, 0.15) is 0 Å². The van der Waals surface area contributed by atoms with Gasteiger partial charge in [0.25, 0.3) is 0 Å². The quantitative estimate of drug-likeness (QED) is 0.0576. The summed E-state index contributed by atoms with van der Waals surface area (Å²) < 4.78 is 39.8. The molecule has 9 fully saturated rings. The number of ether oxygens (including phenoxy) is 7. The van der Waals surface area contributed by atoms with Crippen molar-refractivity contribution in [1.82, 2.24) is 44.1 Å². The molecule has 0 saturated carbocycles. The van der Waals surface area contributed by atoms with E-state index in [9.17, 15) is 10.2 Å². The fraction of sp³-hybridized carbons (Fsp3) is 1.00. The van der Waals surface area contributed by atoms with Crippen LogP contribution in [0.2, 0.25) is 0 Å². The maximum absolute atomic E-state index is 9.93. The standard InChI is InChI=1S/2C13H27NO2.2C13H27NO.C12H25N.2C11H23NO.C11H23N.C9H19NO/c1-5-14-7-6-11(9-14)8-12(15)10-16-13(2,3)4;1-5-14-8-6-7-11(14)9-12(15)10-16-13(2,3)4;1-5-14-10-6-8-12(14)9-7-11-15-13(2,3)4;1-5-14-9-8-12(11-14)7-6-10-15-13(2,3)4;1-5-13-9-7-11(10-13)6-8-12(2,3)4;1-5-12-7-6-10(8-12)9-13-11(2,3)4;1-5-12-8-6-7-10(12)9-13-11(2,3)4;1-5-12-8-10(9-12)6-7-11(2,3)4;1-4-10-5-9(6-10)7-11-8(2)3/h2*11-12,15H,5-10H2,1-4H3;2*12H,5-11H2,1-4H3;11H,5-10H2,1-4H3;2*10H,5-9H2,1-4H3;10H,5-9H2,1-4H3;8-9H,4-7H2,1-3H3. The van der Waals surface area contributed by atoms with Crippen LogP contribution < -0.4 is 0 Å². The number of hydrogen-bond donors (Lipinski definition) is 2. The lowest BCUT2D eigenvalue weighted by Gasteiger charge is -2.39. The molecule has 9 atom stereocenters. The first kappa shape index (κ1) is 121. The molecule has 0 aromatic heterocycles. The van der Waals surface area contributed by atoms with Gasteiger partial charge in [-0.05, 0) is 412 Å². The van der Waals surface area contributed by atoms with Crippen molar-refractivity contribution in [2.24, 2.45) is 46.3 Å². The first-order chi connectivity index (χ1) is 57.6. The zero-order chi connectivity index (χ0) is 94.1. The van der Waals surface area contributed by atoms with Gasteiger partial charge in [-0.1, -0.05) is 104 Å². The molecule has 124 heavy (non-hydrogen) atoms. The number of aliphatic hydroxyl groups excluding tert-OH is 2. The Morgan fingerprint density at radius 3 is 0.984 bits per heavy atom. The molecule has 0 aromatic rings. The van der Waals surface area contributed by atoms with Crippen LogP contribution in [0.1, 0.15) is 371 Å². The lowest BCUT2D eigenvalue weighted by Crippen LogP contribution is -2.48. The van der Waals surface area contributed by atoms with Gasteiger partial charge >= 0.3 is 0 Å². The zero-order valence-electron chi connectivity index (χ0n) is 89.8. The van der Waals surface area contributed by atoms with E-state index in [0.717, 1.165) is 108 Å². The van der Waals surface area contributed by atoms with Gasteiger partial charge < -0.3 is 82.6 Å². The normalized spacial score (nSPS) is 24.0. The van der Waals surface area contributed by atoms with Crippen LogP contribution in [0, 0.1) is 46.3 Å². The van der Waals surface area contributed by atoms with Crippen LogP contribution in [0.15, 0.2) is 0 Å². The van der Waals surface area contributed by atoms with E-state index in [-0.39, 0.29) is 45.8 Å². The van der Waals surface area contributed by atoms with Gasteiger partial charge in [-0.25, -0.2) is 0 Å². The van der Waals surface area contributed by atoms with E-state index in [1.54, 1.807) is 0 Å². The van der Waals surface area contributed by atoms with Gasteiger partial charge in [-0.2, -0.15) is 0 Å². The third-order valence-corrected chi connectivity index (χ3v) is 25.8. The number of likely N-dealkylation sites (tertiary alicyclic amines) is 9. The molecule has 18 heteroatoms. The van der Waals surface area contributed by atoms with E-state index >= 15 is 0 Å². The highest BCUT2D eigenvalue weighted by molar-refractivity contribution is 4.86. The van der Waals surface area contributed by atoms with E-state index < -0.39 is 0 Å². The average Bonchev–Trinajstić information content (AvgIpc) is 1.46. The molecule has 2 N–H and O–H groups in total. The molecular weight excluding hydrogens is 1540 g/mol. The van der Waals surface area contributed by atoms with Gasteiger partial charge in [0, 0.05) is 89.6 Å². The number of aliphatic hydroxyl groups is 2. The topological polar surface area (TPSA) is 134 Å². The van der Waals surface area contributed by atoms with E-state index in [0.29, 0.717) is 48.1 Å². The number of rotatable bonds is 36. The monoisotopic (exact) mass is 1760 g/mol. The van der Waals surface area contributed by atoms with Gasteiger partial charge in [-0.15, -0.1) is 0 Å². The van der Waals surface area contributed by atoms with E-state index in [2.05, 4.69) is 245 Å². The lowest BCUT2D eigenvalue weighted by molar-refractivity contribution is -0.0550. The molecule has 744 valence electrons. The van der Waals surface area contributed by atoms with Gasteiger partial charge in [0.15, 0.2) is 0 Å². The van der Waals surface area contributed by atoms with Gasteiger partial charge in [0.2, 0.25) is 0 Å². The van der Waals surface area contributed by atoms with Crippen molar-refractivity contribution >= 4 is 0 Å². The maximum atomic E-state index is 9.93. The Balaban J connectivity index is 0.000000699. The fourth-order valence-corrected chi connectivity index (χ4v) is 17.8. The van der Waals surface area contributed by atoms with E-state index in [1.807, 2.05) is 41.5 Å². The van der Waals surface area contributed by atoms with Crippen molar-refractivity contribution in [3.63, 3.8) is 0 Å². The van der Waals surface area contributed by atoms with Crippen LogP contribution in [0.25, 0.3) is 0 Å². The van der Waals surface area contributed by atoms with Crippen molar-refractivity contribution in [1.29, 1.82) is 0 Å². The average molecular weight is 1770 g/mol. The van der Waals surface area contributed by atoms with Gasteiger partial charge in [0.05, 0.1) is 85.0 Å². The first-order valence-corrected chi connectivity index (χ1v) is 52.0.